The molecule has 1 aromatic rings. The highest BCUT2D eigenvalue weighted by atomic mass is 32.2. The summed E-state index contributed by atoms with van der Waals surface area (Å²) in [5, 5.41) is 3.23. The van der Waals surface area contributed by atoms with Gasteiger partial charge in [-0.25, -0.2) is 4.31 Å². The molecule has 9 nitrogen and oxygen atoms in total. The predicted molar refractivity (Wildman–Crippen MR) is 141 cm³/mol. The van der Waals surface area contributed by atoms with E-state index in [1.807, 2.05) is 0 Å². The quantitative estimate of drug-likeness (QED) is 0.553. The van der Waals surface area contributed by atoms with Crippen molar-refractivity contribution in [2.24, 2.45) is 9.39 Å². The van der Waals surface area contributed by atoms with Gasteiger partial charge in [0.25, 0.3) is 0 Å². The maximum atomic E-state index is 12.9. The largest absolute Gasteiger partial charge is 0.493 e. The third kappa shape index (κ3) is 5.49. The van der Waals surface area contributed by atoms with E-state index in [2.05, 4.69) is 37.8 Å². The van der Waals surface area contributed by atoms with Crippen LogP contribution in [0, 0.1) is 0 Å². The SMILES string of the molecule is COC1=NS(=O)(=O)N(C2CCCCC2)C(NCCCOc2cccc3c2CCC3N2CCCCC2)=N1. The third-order valence-corrected chi connectivity index (χ3v) is 9.19. The Kier molecular flexibility index (Phi) is 8.00. The minimum Gasteiger partial charge on any atom is -0.493 e. The molecule has 2 aliphatic carbocycles. The van der Waals surface area contributed by atoms with Gasteiger partial charge in [0.05, 0.1) is 13.7 Å². The zero-order chi connectivity index (χ0) is 25.0. The number of hydrogen-bond acceptors (Lipinski definition) is 7. The highest BCUT2D eigenvalue weighted by Crippen LogP contribution is 2.41. The van der Waals surface area contributed by atoms with Crippen molar-refractivity contribution in [2.45, 2.75) is 82.7 Å². The van der Waals surface area contributed by atoms with Gasteiger partial charge in [-0.15, -0.1) is 0 Å². The van der Waals surface area contributed by atoms with Crippen LogP contribution < -0.4 is 10.1 Å². The zero-order valence-electron chi connectivity index (χ0n) is 21.3. The number of rotatable bonds is 7. The molecule has 0 radical (unpaired) electrons. The predicted octanol–water partition coefficient (Wildman–Crippen LogP) is 3.77. The summed E-state index contributed by atoms with van der Waals surface area (Å²) in [4.78, 5) is 6.99. The summed E-state index contributed by atoms with van der Waals surface area (Å²) >= 11 is 0. The first kappa shape index (κ1) is 25.3. The number of benzene rings is 1. The molecule has 0 aromatic heterocycles. The lowest BCUT2D eigenvalue weighted by atomic mass is 9.96. The Bertz CT molecular complexity index is 1080. The van der Waals surface area contributed by atoms with Crippen LogP contribution >= 0.6 is 0 Å². The number of nitrogens with one attached hydrogen (secondary N) is 1. The highest BCUT2D eigenvalue weighted by molar-refractivity contribution is 7.88. The highest BCUT2D eigenvalue weighted by Gasteiger charge is 2.37. The van der Waals surface area contributed by atoms with Crippen LogP contribution in [-0.2, 0) is 21.4 Å². The summed E-state index contributed by atoms with van der Waals surface area (Å²) in [6.45, 7) is 3.49. The number of ether oxygens (including phenoxy) is 2. The van der Waals surface area contributed by atoms with Crippen molar-refractivity contribution in [3.63, 3.8) is 0 Å². The number of methoxy groups -OCH3 is 1. The number of fused-ring (bicyclic) bond motifs is 1. The van der Waals surface area contributed by atoms with Gasteiger partial charge < -0.3 is 14.8 Å². The molecule has 1 aromatic carbocycles. The molecule has 0 spiro atoms. The first-order valence-electron chi connectivity index (χ1n) is 13.6. The molecular weight excluding hydrogens is 478 g/mol. The van der Waals surface area contributed by atoms with Crippen LogP contribution in [0.15, 0.2) is 27.6 Å². The van der Waals surface area contributed by atoms with Crippen LogP contribution in [0.2, 0.25) is 0 Å². The molecule has 0 amide bonds. The van der Waals surface area contributed by atoms with Gasteiger partial charge in [-0.2, -0.15) is 13.4 Å². The van der Waals surface area contributed by atoms with Crippen molar-refractivity contribution >= 4 is 22.2 Å². The lowest BCUT2D eigenvalue weighted by molar-refractivity contribution is 0.163. The number of aliphatic imine (C=N–C) groups is 1. The molecule has 2 fully saturated rings. The number of guanidine groups is 1. The fourth-order valence-corrected chi connectivity index (χ4v) is 7.40. The topological polar surface area (TPSA) is 95.8 Å². The van der Waals surface area contributed by atoms with Gasteiger partial charge in [-0.05, 0) is 75.2 Å². The van der Waals surface area contributed by atoms with Crippen molar-refractivity contribution in [2.75, 3.05) is 33.4 Å². The molecule has 10 heteroatoms. The Morgan fingerprint density at radius 3 is 2.61 bits per heavy atom. The molecular formula is C26H39N5O4S. The van der Waals surface area contributed by atoms with Gasteiger partial charge in [0.2, 0.25) is 5.96 Å². The molecule has 2 aliphatic heterocycles. The van der Waals surface area contributed by atoms with E-state index >= 15 is 0 Å². The van der Waals surface area contributed by atoms with Crippen LogP contribution in [0.5, 0.6) is 5.75 Å². The van der Waals surface area contributed by atoms with Crippen molar-refractivity contribution < 1.29 is 17.9 Å². The van der Waals surface area contributed by atoms with Gasteiger partial charge in [0, 0.05) is 18.6 Å². The average molecular weight is 518 g/mol. The summed E-state index contributed by atoms with van der Waals surface area (Å²) in [7, 11) is -2.49. The van der Waals surface area contributed by atoms with Crippen molar-refractivity contribution in [1.82, 2.24) is 14.5 Å². The molecule has 1 atom stereocenters. The second-order valence-electron chi connectivity index (χ2n) is 10.2. The van der Waals surface area contributed by atoms with Crippen molar-refractivity contribution in [3.05, 3.63) is 29.3 Å². The van der Waals surface area contributed by atoms with E-state index < -0.39 is 10.2 Å². The third-order valence-electron chi connectivity index (χ3n) is 7.83. The minimum absolute atomic E-state index is 0.117. The summed E-state index contributed by atoms with van der Waals surface area (Å²) < 4.78 is 42.2. The van der Waals surface area contributed by atoms with Gasteiger partial charge >= 0.3 is 16.2 Å². The van der Waals surface area contributed by atoms with Crippen molar-refractivity contribution in [1.29, 1.82) is 0 Å². The molecule has 1 unspecified atom stereocenters. The van der Waals surface area contributed by atoms with Gasteiger partial charge in [-0.1, -0.05) is 42.2 Å². The van der Waals surface area contributed by atoms with E-state index in [0.29, 0.717) is 25.2 Å². The Labute approximate surface area is 215 Å². The smallest absolute Gasteiger partial charge is 0.351 e. The second kappa shape index (κ2) is 11.4. The second-order valence-corrected chi connectivity index (χ2v) is 11.7. The van der Waals surface area contributed by atoms with E-state index in [1.54, 1.807) is 0 Å². The van der Waals surface area contributed by atoms with Gasteiger partial charge in [-0.3, -0.25) is 4.90 Å². The lowest BCUT2D eigenvalue weighted by Crippen LogP contribution is -2.52. The molecule has 36 heavy (non-hydrogen) atoms. The fourth-order valence-electron chi connectivity index (χ4n) is 6.09. The Balaban J connectivity index is 1.17. The van der Waals surface area contributed by atoms with Crippen LogP contribution in [0.25, 0.3) is 0 Å². The van der Waals surface area contributed by atoms with E-state index in [-0.39, 0.29) is 12.1 Å². The number of likely N-dealkylation sites (tertiary alicyclic amines) is 1. The maximum absolute atomic E-state index is 12.9. The summed E-state index contributed by atoms with van der Waals surface area (Å²) in [5.74, 6) is 1.29. The average Bonchev–Trinajstić information content (AvgIpc) is 3.34. The van der Waals surface area contributed by atoms with Gasteiger partial charge in [0.15, 0.2) is 0 Å². The Morgan fingerprint density at radius 1 is 1.06 bits per heavy atom. The monoisotopic (exact) mass is 517 g/mol. The van der Waals surface area contributed by atoms with Crippen LogP contribution in [0.1, 0.15) is 81.4 Å². The number of nitrogens with zero attached hydrogens (tertiary/aromatic N) is 4. The maximum Gasteiger partial charge on any atom is 0.351 e. The van der Waals surface area contributed by atoms with E-state index in [0.717, 1.165) is 50.7 Å². The standard InChI is InChI=1S/C26H39N5O4S/c1-34-26-28-25(31(36(32,33)29-26)20-10-4-2-5-11-20)27-16-9-19-35-24-13-8-12-21-22(24)14-15-23(21)30-17-6-3-7-18-30/h8,12-13,20,23H,2-7,9-11,14-19H2,1H3,(H,27,28,29). The van der Waals surface area contributed by atoms with Crippen LogP contribution in [0.4, 0.5) is 0 Å². The fraction of sp³-hybridized carbons (Fsp3) is 0.692. The van der Waals surface area contributed by atoms with Crippen molar-refractivity contribution in [3.8, 4) is 5.75 Å². The first-order valence-corrected chi connectivity index (χ1v) is 15.0. The van der Waals surface area contributed by atoms with E-state index in [1.165, 1.54) is 61.3 Å². The number of hydrogen-bond donors (Lipinski definition) is 1. The Morgan fingerprint density at radius 2 is 1.83 bits per heavy atom. The molecule has 0 bridgehead atoms. The lowest BCUT2D eigenvalue weighted by Gasteiger charge is -2.35. The molecule has 198 valence electrons. The molecule has 1 saturated heterocycles. The zero-order valence-corrected chi connectivity index (χ0v) is 22.1. The van der Waals surface area contributed by atoms with Crippen LogP contribution in [-0.4, -0.2) is 69.0 Å². The van der Waals surface area contributed by atoms with Gasteiger partial charge in [0.1, 0.15) is 5.75 Å². The molecule has 4 aliphatic rings. The van der Waals surface area contributed by atoms with E-state index in [9.17, 15) is 8.42 Å². The number of amidine groups is 1. The molecule has 1 saturated carbocycles. The molecule has 5 rings (SSSR count). The summed E-state index contributed by atoms with van der Waals surface area (Å²) in [6.07, 6.45) is 11.7. The van der Waals surface area contributed by atoms with Crippen LogP contribution in [0.3, 0.4) is 0 Å². The Hall–Kier alpha value is -2.33. The first-order chi connectivity index (χ1) is 17.6. The van der Waals surface area contributed by atoms with E-state index in [4.69, 9.17) is 9.47 Å². The summed E-state index contributed by atoms with van der Waals surface area (Å²) in [5.41, 5.74) is 2.79. The summed E-state index contributed by atoms with van der Waals surface area (Å²) in [6, 6.07) is 6.74. The molecule has 2 heterocycles. The molecule has 1 N–H and O–H groups in total. The minimum atomic E-state index is -3.87. The number of piperidine rings is 1. The normalized spacial score (nSPS) is 24.6.